The van der Waals surface area contributed by atoms with Gasteiger partial charge >= 0.3 is 0 Å². The van der Waals surface area contributed by atoms with E-state index in [1.165, 1.54) is 12.8 Å². The minimum Gasteiger partial charge on any atom is -0.339 e. The fourth-order valence-corrected chi connectivity index (χ4v) is 1.24. The summed E-state index contributed by atoms with van der Waals surface area (Å²) in [5.74, 6) is 6.10. The Labute approximate surface area is 67.4 Å². The Balaban J connectivity index is 2.51. The van der Waals surface area contributed by atoms with Gasteiger partial charge in [0.1, 0.15) is 0 Å². The van der Waals surface area contributed by atoms with Crippen LogP contribution in [0.1, 0.15) is 19.8 Å². The molecular formula is C7H16N4. The van der Waals surface area contributed by atoms with Crippen LogP contribution in [0, 0.1) is 0 Å². The second-order valence-corrected chi connectivity index (χ2v) is 2.71. The van der Waals surface area contributed by atoms with Crippen molar-refractivity contribution in [2.24, 2.45) is 10.8 Å². The molecule has 1 saturated carbocycles. The highest BCUT2D eigenvalue weighted by molar-refractivity contribution is 5.79. The molecule has 1 aliphatic carbocycles. The van der Waals surface area contributed by atoms with Crippen LogP contribution in [0.4, 0.5) is 0 Å². The first kappa shape index (κ1) is 8.33. The van der Waals surface area contributed by atoms with E-state index in [4.69, 9.17) is 5.84 Å². The smallest absolute Gasteiger partial charge is 0.208 e. The van der Waals surface area contributed by atoms with Crippen LogP contribution < -0.4 is 11.3 Å². The third-order valence-electron chi connectivity index (χ3n) is 1.94. The summed E-state index contributed by atoms with van der Waals surface area (Å²) in [6, 6.07) is 0.676. The lowest BCUT2D eigenvalue weighted by atomic mass is 10.5. The summed E-state index contributed by atoms with van der Waals surface area (Å²) in [5.41, 5.74) is 2.60. The summed E-state index contributed by atoms with van der Waals surface area (Å²) in [6.07, 6.45) is 2.54. The Morgan fingerprint density at radius 3 is 2.64 bits per heavy atom. The van der Waals surface area contributed by atoms with Gasteiger partial charge < -0.3 is 4.90 Å². The van der Waals surface area contributed by atoms with E-state index in [1.807, 2.05) is 0 Å². The fourth-order valence-electron chi connectivity index (χ4n) is 1.24. The van der Waals surface area contributed by atoms with Gasteiger partial charge in [-0.15, -0.1) is 0 Å². The molecule has 0 aromatic heterocycles. The largest absolute Gasteiger partial charge is 0.339 e. The van der Waals surface area contributed by atoms with Crippen LogP contribution in [0.2, 0.25) is 0 Å². The van der Waals surface area contributed by atoms with Gasteiger partial charge in [-0.2, -0.15) is 0 Å². The zero-order chi connectivity index (χ0) is 8.27. The van der Waals surface area contributed by atoms with Crippen molar-refractivity contribution in [3.8, 4) is 0 Å². The predicted molar refractivity (Wildman–Crippen MR) is 46.1 cm³/mol. The second kappa shape index (κ2) is 3.57. The maximum Gasteiger partial charge on any atom is 0.208 e. The molecule has 0 spiro atoms. The van der Waals surface area contributed by atoms with E-state index in [0.717, 1.165) is 12.5 Å². The first-order valence-corrected chi connectivity index (χ1v) is 4.03. The molecule has 0 atom stereocenters. The lowest BCUT2D eigenvalue weighted by Crippen LogP contribution is -2.45. The Morgan fingerprint density at radius 2 is 2.36 bits per heavy atom. The monoisotopic (exact) mass is 156 g/mol. The summed E-state index contributed by atoms with van der Waals surface area (Å²) >= 11 is 0. The van der Waals surface area contributed by atoms with E-state index >= 15 is 0 Å². The Kier molecular flexibility index (Phi) is 2.70. The maximum absolute atomic E-state index is 5.30. The molecule has 0 unspecified atom stereocenters. The minimum atomic E-state index is 0.676. The summed E-state index contributed by atoms with van der Waals surface area (Å²) in [7, 11) is 1.75. The normalized spacial score (nSPS) is 18.3. The van der Waals surface area contributed by atoms with Gasteiger partial charge in [0.05, 0.1) is 0 Å². The zero-order valence-corrected chi connectivity index (χ0v) is 7.17. The molecule has 0 radical (unpaired) electrons. The summed E-state index contributed by atoms with van der Waals surface area (Å²) in [4.78, 5) is 6.24. The number of nitrogens with one attached hydrogen (secondary N) is 1. The molecule has 0 saturated heterocycles. The molecule has 0 aromatic carbocycles. The van der Waals surface area contributed by atoms with Crippen LogP contribution in [0.25, 0.3) is 0 Å². The van der Waals surface area contributed by atoms with E-state index in [1.54, 1.807) is 7.05 Å². The van der Waals surface area contributed by atoms with Crippen LogP contribution in [-0.2, 0) is 0 Å². The third-order valence-corrected chi connectivity index (χ3v) is 1.94. The minimum absolute atomic E-state index is 0.676. The first-order chi connectivity index (χ1) is 5.33. The van der Waals surface area contributed by atoms with E-state index in [0.29, 0.717) is 6.04 Å². The lowest BCUT2D eigenvalue weighted by Gasteiger charge is -2.22. The summed E-state index contributed by atoms with van der Waals surface area (Å²) in [6.45, 7) is 3.09. The standard InChI is InChI=1S/C7H16N4/c1-3-11(6-4-5-6)7(9-2)10-8/h6H,3-5,8H2,1-2H3,(H,9,10). The molecule has 1 rings (SSSR count). The SMILES string of the molecule is CCN(C(=NC)NN)C1CC1. The predicted octanol–water partition coefficient (Wildman–Crippen LogP) is -0.0802. The highest BCUT2D eigenvalue weighted by Crippen LogP contribution is 2.26. The zero-order valence-electron chi connectivity index (χ0n) is 7.17. The van der Waals surface area contributed by atoms with Crippen LogP contribution in [0.15, 0.2) is 4.99 Å². The van der Waals surface area contributed by atoms with E-state index < -0.39 is 0 Å². The van der Waals surface area contributed by atoms with Crippen molar-refractivity contribution in [1.82, 2.24) is 10.3 Å². The van der Waals surface area contributed by atoms with E-state index in [2.05, 4.69) is 22.2 Å². The molecule has 4 nitrogen and oxygen atoms in total. The number of hydrogen-bond donors (Lipinski definition) is 2. The maximum atomic E-state index is 5.30. The molecule has 3 N–H and O–H groups in total. The lowest BCUT2D eigenvalue weighted by molar-refractivity contribution is 0.415. The van der Waals surface area contributed by atoms with Gasteiger partial charge in [0.2, 0.25) is 5.96 Å². The molecule has 0 aliphatic heterocycles. The number of aliphatic imine (C=N–C) groups is 1. The van der Waals surface area contributed by atoms with Gasteiger partial charge in [-0.3, -0.25) is 10.4 Å². The molecule has 0 bridgehead atoms. The van der Waals surface area contributed by atoms with Crippen molar-refractivity contribution in [3.63, 3.8) is 0 Å². The van der Waals surface area contributed by atoms with Crippen LogP contribution in [0.5, 0.6) is 0 Å². The molecule has 4 heteroatoms. The average Bonchev–Trinajstić information content (AvgIpc) is 2.82. The molecule has 0 amide bonds. The van der Waals surface area contributed by atoms with Gasteiger partial charge in [0, 0.05) is 19.6 Å². The second-order valence-electron chi connectivity index (χ2n) is 2.71. The van der Waals surface area contributed by atoms with Crippen molar-refractivity contribution in [3.05, 3.63) is 0 Å². The van der Waals surface area contributed by atoms with Gasteiger partial charge in [0.15, 0.2) is 0 Å². The molecule has 0 aromatic rings. The topological polar surface area (TPSA) is 53.6 Å². The van der Waals surface area contributed by atoms with Crippen molar-refractivity contribution >= 4 is 5.96 Å². The Morgan fingerprint density at radius 1 is 1.73 bits per heavy atom. The number of nitrogens with two attached hydrogens (primary N) is 1. The number of rotatable bonds is 2. The van der Waals surface area contributed by atoms with Crippen molar-refractivity contribution in [2.45, 2.75) is 25.8 Å². The molecule has 11 heavy (non-hydrogen) atoms. The first-order valence-electron chi connectivity index (χ1n) is 4.03. The van der Waals surface area contributed by atoms with Crippen molar-refractivity contribution in [1.29, 1.82) is 0 Å². The molecular weight excluding hydrogens is 140 g/mol. The molecule has 64 valence electrons. The quantitative estimate of drug-likeness (QED) is 0.254. The number of guanidine groups is 1. The average molecular weight is 156 g/mol. The molecule has 0 heterocycles. The van der Waals surface area contributed by atoms with Crippen molar-refractivity contribution < 1.29 is 0 Å². The Bertz CT molecular complexity index is 151. The Hall–Kier alpha value is -0.770. The van der Waals surface area contributed by atoms with Crippen LogP contribution in [0.3, 0.4) is 0 Å². The van der Waals surface area contributed by atoms with Crippen LogP contribution in [-0.4, -0.2) is 30.5 Å². The van der Waals surface area contributed by atoms with Gasteiger partial charge in [0.25, 0.3) is 0 Å². The highest BCUT2D eigenvalue weighted by Gasteiger charge is 2.29. The molecule has 1 aliphatic rings. The summed E-state index contributed by atoms with van der Waals surface area (Å²) < 4.78 is 0. The van der Waals surface area contributed by atoms with Gasteiger partial charge in [-0.25, -0.2) is 5.84 Å². The number of nitrogens with zero attached hydrogens (tertiary/aromatic N) is 2. The van der Waals surface area contributed by atoms with Crippen LogP contribution >= 0.6 is 0 Å². The highest BCUT2D eigenvalue weighted by atomic mass is 15.4. The third kappa shape index (κ3) is 1.83. The van der Waals surface area contributed by atoms with Gasteiger partial charge in [-0.05, 0) is 19.8 Å². The van der Waals surface area contributed by atoms with Gasteiger partial charge in [-0.1, -0.05) is 0 Å². The van der Waals surface area contributed by atoms with Crippen molar-refractivity contribution in [2.75, 3.05) is 13.6 Å². The van der Waals surface area contributed by atoms with E-state index in [9.17, 15) is 0 Å². The molecule has 1 fully saturated rings. The van der Waals surface area contributed by atoms with E-state index in [-0.39, 0.29) is 0 Å². The number of hydrazine groups is 1. The fraction of sp³-hybridized carbons (Fsp3) is 0.857. The number of hydrogen-bond acceptors (Lipinski definition) is 2. The summed E-state index contributed by atoms with van der Waals surface area (Å²) in [5, 5.41) is 0.